The predicted octanol–water partition coefficient (Wildman–Crippen LogP) is 4.83. The molecule has 10 heteroatoms. The van der Waals surface area contributed by atoms with Crippen LogP contribution in [0.3, 0.4) is 0 Å². The molecule has 32 heavy (non-hydrogen) atoms. The lowest BCUT2D eigenvalue weighted by Crippen LogP contribution is -2.61. The lowest BCUT2D eigenvalue weighted by atomic mass is 9.61. The zero-order valence-electron chi connectivity index (χ0n) is 17.6. The van der Waals surface area contributed by atoms with Crippen molar-refractivity contribution in [2.75, 3.05) is 11.9 Å². The first-order valence-corrected chi connectivity index (χ1v) is 10.8. The standard InChI is InChI=1S/C22H24ClF3N4O2/c1-20(25,26)17-11-28-18(12-27-17)29-21-4-7-22(8-5-21,9-6-21)30-19(31)13-32-14-2-3-15(23)16(24)10-14/h2-3,10-12H,4-9,13H2,1H3,(H,28,29)(H,30,31). The van der Waals surface area contributed by atoms with Crippen molar-refractivity contribution >= 4 is 23.3 Å². The van der Waals surface area contributed by atoms with Gasteiger partial charge in [-0.1, -0.05) is 11.6 Å². The third-order valence-corrected chi connectivity index (χ3v) is 6.71. The molecule has 1 heterocycles. The molecule has 6 nitrogen and oxygen atoms in total. The van der Waals surface area contributed by atoms with Gasteiger partial charge in [-0.2, -0.15) is 8.78 Å². The number of benzene rings is 1. The van der Waals surface area contributed by atoms with Gasteiger partial charge in [0.1, 0.15) is 23.1 Å². The molecule has 5 rings (SSSR count). The minimum absolute atomic E-state index is 0.00702. The fourth-order valence-electron chi connectivity index (χ4n) is 4.50. The van der Waals surface area contributed by atoms with Crippen LogP contribution in [0.4, 0.5) is 19.0 Å². The number of alkyl halides is 2. The summed E-state index contributed by atoms with van der Waals surface area (Å²) in [6.45, 7) is 0.577. The number of carbonyl (C=O) groups is 1. The molecule has 1 amide bonds. The molecule has 3 aliphatic rings. The zero-order chi connectivity index (χ0) is 23.0. The number of aromatic nitrogens is 2. The third kappa shape index (κ3) is 4.92. The summed E-state index contributed by atoms with van der Waals surface area (Å²) in [5.41, 5.74) is -0.845. The summed E-state index contributed by atoms with van der Waals surface area (Å²) in [6.07, 6.45) is 7.20. The van der Waals surface area contributed by atoms with Crippen molar-refractivity contribution in [2.24, 2.45) is 0 Å². The molecule has 1 aromatic heterocycles. The molecule has 0 radical (unpaired) electrons. The van der Waals surface area contributed by atoms with Gasteiger partial charge in [-0.05, 0) is 50.7 Å². The Hall–Kier alpha value is -2.55. The number of anilines is 1. The molecule has 172 valence electrons. The van der Waals surface area contributed by atoms with Crippen molar-refractivity contribution in [3.05, 3.63) is 47.1 Å². The summed E-state index contributed by atoms with van der Waals surface area (Å²) in [5.74, 6) is -3.18. The Morgan fingerprint density at radius 3 is 2.34 bits per heavy atom. The van der Waals surface area contributed by atoms with Crippen molar-refractivity contribution in [1.29, 1.82) is 0 Å². The highest BCUT2D eigenvalue weighted by molar-refractivity contribution is 6.30. The van der Waals surface area contributed by atoms with E-state index in [9.17, 15) is 18.0 Å². The number of hydrogen-bond donors (Lipinski definition) is 2. The third-order valence-electron chi connectivity index (χ3n) is 6.41. The average Bonchev–Trinajstić information content (AvgIpc) is 2.76. The molecule has 0 unspecified atom stereocenters. The van der Waals surface area contributed by atoms with Crippen LogP contribution in [0, 0.1) is 5.82 Å². The van der Waals surface area contributed by atoms with Crippen molar-refractivity contribution in [3.8, 4) is 5.75 Å². The van der Waals surface area contributed by atoms with E-state index in [4.69, 9.17) is 16.3 Å². The van der Waals surface area contributed by atoms with Crippen molar-refractivity contribution < 1.29 is 22.7 Å². The molecule has 3 aliphatic carbocycles. The van der Waals surface area contributed by atoms with Gasteiger partial charge in [0.25, 0.3) is 11.8 Å². The number of hydrogen-bond acceptors (Lipinski definition) is 5. The average molecular weight is 469 g/mol. The second-order valence-corrected chi connectivity index (χ2v) is 9.18. The molecule has 3 saturated carbocycles. The Morgan fingerprint density at radius 2 is 1.78 bits per heavy atom. The van der Waals surface area contributed by atoms with Crippen LogP contribution >= 0.6 is 11.6 Å². The molecular weight excluding hydrogens is 445 g/mol. The number of nitrogens with one attached hydrogen (secondary N) is 2. The molecule has 2 N–H and O–H groups in total. The Balaban J connectivity index is 1.30. The van der Waals surface area contributed by atoms with Crippen LogP contribution in [-0.2, 0) is 10.7 Å². The highest BCUT2D eigenvalue weighted by Crippen LogP contribution is 2.48. The number of amides is 1. The summed E-state index contributed by atoms with van der Waals surface area (Å²) in [7, 11) is 0. The van der Waals surface area contributed by atoms with E-state index in [0.29, 0.717) is 5.82 Å². The number of ether oxygens (including phenoxy) is 1. The summed E-state index contributed by atoms with van der Waals surface area (Å²) in [6, 6.07) is 4.03. The molecule has 2 bridgehead atoms. The summed E-state index contributed by atoms with van der Waals surface area (Å²) >= 11 is 5.65. The van der Waals surface area contributed by atoms with Gasteiger partial charge in [0.15, 0.2) is 6.61 Å². The Labute approximate surface area is 188 Å². The smallest absolute Gasteiger partial charge is 0.288 e. The number of halogens is 4. The summed E-state index contributed by atoms with van der Waals surface area (Å²) < 4.78 is 45.6. The minimum atomic E-state index is -3.03. The van der Waals surface area contributed by atoms with Crippen LogP contribution in [0.15, 0.2) is 30.6 Å². The molecule has 2 aromatic rings. The van der Waals surface area contributed by atoms with E-state index in [0.717, 1.165) is 57.7 Å². The topological polar surface area (TPSA) is 76.1 Å². The number of fused-ring (bicyclic) bond motifs is 3. The summed E-state index contributed by atoms with van der Waals surface area (Å²) in [4.78, 5) is 20.4. The normalized spacial score (nSPS) is 24.8. The largest absolute Gasteiger partial charge is 0.484 e. The number of rotatable bonds is 7. The Morgan fingerprint density at radius 1 is 1.12 bits per heavy atom. The van der Waals surface area contributed by atoms with Crippen LogP contribution in [-0.4, -0.2) is 33.6 Å². The first-order valence-electron chi connectivity index (χ1n) is 10.5. The van der Waals surface area contributed by atoms with Gasteiger partial charge in [0.2, 0.25) is 0 Å². The highest BCUT2D eigenvalue weighted by Gasteiger charge is 2.49. The molecule has 0 aliphatic heterocycles. The fraction of sp³-hybridized carbons (Fsp3) is 0.500. The minimum Gasteiger partial charge on any atom is -0.484 e. The van der Waals surface area contributed by atoms with E-state index in [1.54, 1.807) is 0 Å². The van der Waals surface area contributed by atoms with Gasteiger partial charge in [0, 0.05) is 24.1 Å². The SMILES string of the molecule is CC(F)(F)c1cnc(NC23CCC(NC(=O)COc4ccc(Cl)c(F)c4)(CC2)CC3)cn1. The van der Waals surface area contributed by atoms with E-state index in [2.05, 4.69) is 20.6 Å². The maximum Gasteiger partial charge on any atom is 0.288 e. The van der Waals surface area contributed by atoms with Crippen molar-refractivity contribution in [3.63, 3.8) is 0 Å². The van der Waals surface area contributed by atoms with Crippen LogP contribution in [0.25, 0.3) is 0 Å². The van der Waals surface area contributed by atoms with Crippen molar-refractivity contribution in [1.82, 2.24) is 15.3 Å². The lowest BCUT2D eigenvalue weighted by molar-refractivity contribution is -0.126. The maximum atomic E-state index is 13.5. The van der Waals surface area contributed by atoms with Gasteiger partial charge in [-0.15, -0.1) is 0 Å². The second-order valence-electron chi connectivity index (χ2n) is 8.77. The summed E-state index contributed by atoms with van der Waals surface area (Å²) in [5, 5.41) is 6.48. The van der Waals surface area contributed by atoms with E-state index < -0.39 is 11.7 Å². The van der Waals surface area contributed by atoms with E-state index in [1.165, 1.54) is 18.3 Å². The molecule has 0 atom stereocenters. The van der Waals surface area contributed by atoms with Gasteiger partial charge < -0.3 is 15.4 Å². The number of nitrogens with zero attached hydrogens (tertiary/aromatic N) is 2. The monoisotopic (exact) mass is 468 g/mol. The van der Waals surface area contributed by atoms with Crippen LogP contribution in [0.1, 0.15) is 51.1 Å². The number of carbonyl (C=O) groups excluding carboxylic acids is 1. The molecular formula is C22H24ClF3N4O2. The van der Waals surface area contributed by atoms with Crippen LogP contribution < -0.4 is 15.4 Å². The molecule has 1 aromatic carbocycles. The molecule has 0 spiro atoms. The fourth-order valence-corrected chi connectivity index (χ4v) is 4.62. The van der Waals surface area contributed by atoms with Crippen LogP contribution in [0.2, 0.25) is 5.02 Å². The van der Waals surface area contributed by atoms with Gasteiger partial charge in [-0.3, -0.25) is 4.79 Å². The van der Waals surface area contributed by atoms with E-state index in [-0.39, 0.29) is 40.1 Å². The molecule has 3 fully saturated rings. The quantitative estimate of drug-likeness (QED) is 0.608. The zero-order valence-corrected chi connectivity index (χ0v) is 18.3. The first kappa shape index (κ1) is 22.6. The van der Waals surface area contributed by atoms with Crippen LogP contribution in [0.5, 0.6) is 5.75 Å². The lowest BCUT2D eigenvalue weighted by Gasteiger charge is -2.54. The van der Waals surface area contributed by atoms with Gasteiger partial charge in [0.05, 0.1) is 17.4 Å². The van der Waals surface area contributed by atoms with E-state index >= 15 is 0 Å². The Bertz CT molecular complexity index is 973. The Kier molecular flexibility index (Phi) is 5.96. The maximum absolute atomic E-state index is 13.5. The van der Waals surface area contributed by atoms with Gasteiger partial charge in [-0.25, -0.2) is 14.4 Å². The first-order chi connectivity index (χ1) is 15.1. The highest BCUT2D eigenvalue weighted by atomic mass is 35.5. The van der Waals surface area contributed by atoms with Crippen molar-refractivity contribution in [2.45, 2.75) is 62.4 Å². The molecule has 0 saturated heterocycles. The second kappa shape index (κ2) is 8.42. The predicted molar refractivity (Wildman–Crippen MR) is 113 cm³/mol. The van der Waals surface area contributed by atoms with Gasteiger partial charge >= 0.3 is 0 Å². The van der Waals surface area contributed by atoms with E-state index in [1.807, 2.05) is 0 Å².